The summed E-state index contributed by atoms with van der Waals surface area (Å²) in [5.74, 6) is -0.573. The molecule has 0 aromatic heterocycles. The molecule has 158 valence electrons. The Morgan fingerprint density at radius 3 is 2.46 bits per heavy atom. The number of rotatable bonds is 5. The van der Waals surface area contributed by atoms with Gasteiger partial charge in [-0.1, -0.05) is 24.4 Å². The Morgan fingerprint density at radius 1 is 1.29 bits per heavy atom. The molecule has 9 nitrogen and oxygen atoms in total. The molecule has 28 heavy (non-hydrogen) atoms. The summed E-state index contributed by atoms with van der Waals surface area (Å²) in [5, 5.41) is 15.3. The van der Waals surface area contributed by atoms with E-state index in [1.165, 1.54) is 22.0 Å². The van der Waals surface area contributed by atoms with E-state index in [4.69, 9.17) is 17.3 Å². The van der Waals surface area contributed by atoms with Gasteiger partial charge < -0.3 is 16.2 Å². The molecule has 1 aliphatic carbocycles. The molecule has 12 heteroatoms. The third-order valence-corrected chi connectivity index (χ3v) is 6.76. The summed E-state index contributed by atoms with van der Waals surface area (Å²) < 4.78 is 25.7. The zero-order valence-corrected chi connectivity index (χ0v) is 17.6. The standard InChI is InChI=1S/C16H24ClN5O4S.ClH/c17-12-5-6-13(22(16(18)24)11-3-1-2-4-11)14(23)15(12)27(25,26)20-21-9-7-19-8-10-21;/h5-6,11,19-20,23H,1-4,7-10H2,(H2,18,24);1H. The molecule has 1 saturated heterocycles. The molecule has 0 bridgehead atoms. The van der Waals surface area contributed by atoms with Crippen molar-refractivity contribution in [2.24, 2.45) is 5.73 Å². The van der Waals surface area contributed by atoms with Gasteiger partial charge in [0.05, 0.1) is 10.7 Å². The largest absolute Gasteiger partial charge is 0.504 e. The fraction of sp³-hybridized carbons (Fsp3) is 0.562. The third kappa shape index (κ3) is 4.81. The monoisotopic (exact) mass is 453 g/mol. The number of hydrogen-bond donors (Lipinski definition) is 4. The van der Waals surface area contributed by atoms with Gasteiger partial charge in [0.25, 0.3) is 10.0 Å². The van der Waals surface area contributed by atoms with Crippen LogP contribution in [0.25, 0.3) is 0 Å². The molecular formula is C16H25Cl2N5O4S. The summed E-state index contributed by atoms with van der Waals surface area (Å²) in [5.41, 5.74) is 5.58. The second kappa shape index (κ2) is 9.47. The zero-order valence-electron chi connectivity index (χ0n) is 15.2. The minimum absolute atomic E-state index is 0. The van der Waals surface area contributed by atoms with Crippen molar-refractivity contribution in [3.05, 3.63) is 17.2 Å². The Bertz CT molecular complexity index is 811. The second-order valence-electron chi connectivity index (χ2n) is 6.72. The van der Waals surface area contributed by atoms with Gasteiger partial charge in [-0.25, -0.2) is 18.2 Å². The van der Waals surface area contributed by atoms with Gasteiger partial charge in [0.1, 0.15) is 4.90 Å². The summed E-state index contributed by atoms with van der Waals surface area (Å²) in [6.07, 6.45) is 3.37. The summed E-state index contributed by atoms with van der Waals surface area (Å²) >= 11 is 6.10. The van der Waals surface area contributed by atoms with E-state index >= 15 is 0 Å². The summed E-state index contributed by atoms with van der Waals surface area (Å²) in [7, 11) is -4.14. The lowest BCUT2D eigenvalue weighted by Gasteiger charge is -2.30. The second-order valence-corrected chi connectivity index (χ2v) is 8.73. The highest BCUT2D eigenvalue weighted by molar-refractivity contribution is 7.89. The van der Waals surface area contributed by atoms with Crippen molar-refractivity contribution >= 4 is 45.7 Å². The van der Waals surface area contributed by atoms with Crippen molar-refractivity contribution in [2.75, 3.05) is 31.1 Å². The molecule has 3 rings (SSSR count). The molecule has 1 heterocycles. The van der Waals surface area contributed by atoms with Crippen LogP contribution in [0.4, 0.5) is 10.5 Å². The molecule has 1 aromatic rings. The number of aromatic hydroxyl groups is 1. The average molecular weight is 454 g/mol. The Morgan fingerprint density at radius 2 is 1.89 bits per heavy atom. The number of sulfonamides is 1. The number of benzene rings is 1. The van der Waals surface area contributed by atoms with E-state index in [0.29, 0.717) is 26.2 Å². The van der Waals surface area contributed by atoms with Crippen LogP contribution in [0.1, 0.15) is 25.7 Å². The number of piperazine rings is 1. The van der Waals surface area contributed by atoms with Crippen LogP contribution in [0.2, 0.25) is 5.02 Å². The van der Waals surface area contributed by atoms with Crippen molar-refractivity contribution in [1.82, 2.24) is 15.2 Å². The number of amides is 2. The topological polar surface area (TPSA) is 128 Å². The quantitative estimate of drug-likeness (QED) is 0.533. The fourth-order valence-electron chi connectivity index (χ4n) is 3.62. The highest BCUT2D eigenvalue weighted by Gasteiger charge is 2.33. The van der Waals surface area contributed by atoms with Gasteiger partial charge in [-0.05, 0) is 25.0 Å². The number of nitrogens with zero attached hydrogens (tertiary/aromatic N) is 2. The van der Waals surface area contributed by atoms with E-state index in [-0.39, 0.29) is 29.2 Å². The average Bonchev–Trinajstić information content (AvgIpc) is 3.11. The lowest BCUT2D eigenvalue weighted by molar-refractivity contribution is 0.211. The number of nitrogens with two attached hydrogens (primary N) is 1. The van der Waals surface area contributed by atoms with Gasteiger partial charge in [0.2, 0.25) is 0 Å². The minimum Gasteiger partial charge on any atom is -0.504 e. The van der Waals surface area contributed by atoms with Crippen LogP contribution >= 0.6 is 24.0 Å². The van der Waals surface area contributed by atoms with Crippen molar-refractivity contribution in [2.45, 2.75) is 36.6 Å². The molecule has 1 saturated carbocycles. The summed E-state index contributed by atoms with van der Waals surface area (Å²) in [6.45, 7) is 2.23. The van der Waals surface area contributed by atoms with Crippen LogP contribution in [-0.4, -0.2) is 56.8 Å². The number of carbonyl (C=O) groups is 1. The van der Waals surface area contributed by atoms with Gasteiger partial charge >= 0.3 is 6.03 Å². The molecule has 0 atom stereocenters. The third-order valence-electron chi connectivity index (χ3n) is 4.88. The SMILES string of the molecule is Cl.NC(=O)N(c1ccc(Cl)c(S(=O)(=O)NN2CCNCC2)c1O)C1CCCC1. The van der Waals surface area contributed by atoms with E-state index in [1.807, 2.05) is 0 Å². The number of hydrazine groups is 1. The van der Waals surface area contributed by atoms with Crippen LogP contribution in [0.15, 0.2) is 17.0 Å². The first-order valence-electron chi connectivity index (χ1n) is 8.89. The first-order valence-corrected chi connectivity index (χ1v) is 10.8. The predicted octanol–water partition coefficient (Wildman–Crippen LogP) is 1.39. The highest BCUT2D eigenvalue weighted by Crippen LogP contribution is 2.41. The maximum absolute atomic E-state index is 12.9. The number of halogens is 2. The maximum Gasteiger partial charge on any atom is 0.319 e. The number of phenolic OH excluding ortho intramolecular Hbond substituents is 1. The molecule has 0 spiro atoms. The van der Waals surface area contributed by atoms with E-state index < -0.39 is 26.7 Å². The smallest absolute Gasteiger partial charge is 0.319 e. The Kier molecular flexibility index (Phi) is 7.77. The molecule has 2 fully saturated rings. The molecule has 2 amide bonds. The van der Waals surface area contributed by atoms with Crippen LogP contribution in [0, 0.1) is 0 Å². The van der Waals surface area contributed by atoms with Gasteiger partial charge in [0.15, 0.2) is 5.75 Å². The van der Waals surface area contributed by atoms with Crippen LogP contribution in [0.5, 0.6) is 5.75 Å². The van der Waals surface area contributed by atoms with Gasteiger partial charge in [-0.2, -0.15) is 0 Å². The highest BCUT2D eigenvalue weighted by atomic mass is 35.5. The van der Waals surface area contributed by atoms with E-state index in [1.54, 1.807) is 0 Å². The molecule has 5 N–H and O–H groups in total. The Labute approximate surface area is 175 Å². The van der Waals surface area contributed by atoms with Crippen LogP contribution < -0.4 is 20.8 Å². The molecule has 0 unspecified atom stereocenters. The number of hydrogen-bond acceptors (Lipinski definition) is 6. The Balaban J connectivity index is 0.00000280. The van der Waals surface area contributed by atoms with Gasteiger partial charge in [-0.15, -0.1) is 17.2 Å². The van der Waals surface area contributed by atoms with E-state index in [9.17, 15) is 18.3 Å². The van der Waals surface area contributed by atoms with Crippen LogP contribution in [-0.2, 0) is 10.0 Å². The molecule has 1 aliphatic heterocycles. The van der Waals surface area contributed by atoms with Crippen LogP contribution in [0.3, 0.4) is 0 Å². The predicted molar refractivity (Wildman–Crippen MR) is 109 cm³/mol. The molecule has 0 radical (unpaired) electrons. The molecular weight excluding hydrogens is 429 g/mol. The number of phenols is 1. The van der Waals surface area contributed by atoms with Gasteiger partial charge in [-0.3, -0.25) is 4.90 Å². The first kappa shape index (κ1) is 23.0. The maximum atomic E-state index is 12.9. The Hall–Kier alpha value is -1.30. The van der Waals surface area contributed by atoms with Crippen molar-refractivity contribution in [3.8, 4) is 5.75 Å². The zero-order chi connectivity index (χ0) is 19.6. The number of anilines is 1. The normalized spacial score (nSPS) is 18.6. The summed E-state index contributed by atoms with van der Waals surface area (Å²) in [6, 6.07) is 1.86. The van der Waals surface area contributed by atoms with E-state index in [0.717, 1.165) is 25.7 Å². The van der Waals surface area contributed by atoms with Crippen molar-refractivity contribution < 1.29 is 18.3 Å². The number of urea groups is 1. The number of primary amides is 1. The minimum atomic E-state index is -4.14. The van der Waals surface area contributed by atoms with Crippen molar-refractivity contribution in [1.29, 1.82) is 0 Å². The lowest BCUT2D eigenvalue weighted by Crippen LogP contribution is -2.52. The first-order chi connectivity index (χ1) is 12.8. The molecule has 2 aliphatic rings. The van der Waals surface area contributed by atoms with Crippen molar-refractivity contribution in [3.63, 3.8) is 0 Å². The van der Waals surface area contributed by atoms with E-state index in [2.05, 4.69) is 10.1 Å². The lowest BCUT2D eigenvalue weighted by atomic mass is 10.1. The molecule has 1 aromatic carbocycles. The summed E-state index contributed by atoms with van der Waals surface area (Å²) in [4.78, 5) is 15.3. The van der Waals surface area contributed by atoms with Gasteiger partial charge in [0, 0.05) is 32.2 Å². The fourth-order valence-corrected chi connectivity index (χ4v) is 5.37. The number of carbonyl (C=O) groups excluding carboxylic acids is 1. The number of nitrogens with one attached hydrogen (secondary N) is 2.